The molecule has 3 rings (SSSR count). The van der Waals surface area contributed by atoms with Gasteiger partial charge in [0.25, 0.3) is 0 Å². The summed E-state index contributed by atoms with van der Waals surface area (Å²) in [6.07, 6.45) is -7.06. The van der Waals surface area contributed by atoms with Gasteiger partial charge in [-0.3, -0.25) is 4.79 Å². The van der Waals surface area contributed by atoms with Crippen molar-refractivity contribution in [2.24, 2.45) is 5.92 Å². The summed E-state index contributed by atoms with van der Waals surface area (Å²) < 4.78 is 47.6. The average Bonchev–Trinajstić information content (AvgIpc) is 3.23. The lowest BCUT2D eigenvalue weighted by Crippen LogP contribution is -2.79. The minimum atomic E-state index is -3.43. The lowest BCUT2D eigenvalue weighted by molar-refractivity contribution is -0.387. The normalized spacial score (nSPS) is 28.1. The molecule has 310 valence electrons. The molecule has 2 unspecified atom stereocenters. The Morgan fingerprint density at radius 1 is 0.873 bits per heavy atom. The molecular formula is C41H62O14. The summed E-state index contributed by atoms with van der Waals surface area (Å²) in [4.78, 5) is 55.7. The van der Waals surface area contributed by atoms with Crippen LogP contribution in [0.5, 0.6) is 0 Å². The van der Waals surface area contributed by atoms with Gasteiger partial charge in [0, 0.05) is 26.4 Å². The number of hydrogen-bond acceptors (Lipinski definition) is 14. The van der Waals surface area contributed by atoms with Crippen molar-refractivity contribution in [2.75, 3.05) is 7.11 Å². The monoisotopic (exact) mass is 778 g/mol. The van der Waals surface area contributed by atoms with Crippen LogP contribution in [0.2, 0.25) is 0 Å². The minimum Gasteiger partial charge on any atom is -0.458 e. The molecule has 2 saturated heterocycles. The molecule has 2 fully saturated rings. The number of aliphatic hydroxyl groups is 2. The van der Waals surface area contributed by atoms with E-state index in [1.54, 1.807) is 20.8 Å². The molecule has 14 nitrogen and oxygen atoms in total. The third-order valence-corrected chi connectivity index (χ3v) is 9.08. The molecule has 1 aromatic carbocycles. The van der Waals surface area contributed by atoms with Crippen LogP contribution in [0.25, 0.3) is 0 Å². The molecule has 0 radical (unpaired) electrons. The third kappa shape index (κ3) is 10.3. The number of aliphatic hydroxyl groups excluding tert-OH is 1. The predicted molar refractivity (Wildman–Crippen MR) is 199 cm³/mol. The molecular weight excluding hydrogens is 716 g/mol. The first-order valence-corrected chi connectivity index (χ1v) is 18.5. The zero-order valence-corrected chi connectivity index (χ0v) is 34.9. The first-order chi connectivity index (χ1) is 24.9. The highest BCUT2D eigenvalue weighted by molar-refractivity contribution is 5.99. The molecule has 2 aliphatic heterocycles. The first kappa shape index (κ1) is 46.0. The fourth-order valence-corrected chi connectivity index (χ4v) is 6.69. The van der Waals surface area contributed by atoms with E-state index in [0.717, 1.165) is 5.56 Å². The summed E-state index contributed by atoms with van der Waals surface area (Å²) in [6.45, 7) is 24.3. The van der Waals surface area contributed by atoms with Gasteiger partial charge in [-0.15, -0.1) is 0 Å². The van der Waals surface area contributed by atoms with Gasteiger partial charge in [0.15, 0.2) is 5.79 Å². The zero-order chi connectivity index (χ0) is 42.2. The van der Waals surface area contributed by atoms with Gasteiger partial charge in [-0.2, -0.15) is 0 Å². The van der Waals surface area contributed by atoms with Crippen molar-refractivity contribution in [3.8, 4) is 0 Å². The number of esters is 4. The Kier molecular flexibility index (Phi) is 13.6. The van der Waals surface area contributed by atoms with Crippen molar-refractivity contribution in [1.29, 1.82) is 0 Å². The van der Waals surface area contributed by atoms with E-state index < -0.39 is 87.9 Å². The maximum atomic E-state index is 14.7. The highest BCUT2D eigenvalue weighted by atomic mass is 16.8. The van der Waals surface area contributed by atoms with Crippen molar-refractivity contribution in [1.82, 2.24) is 0 Å². The summed E-state index contributed by atoms with van der Waals surface area (Å²) in [7, 11) is 1.34. The Labute approximate surface area is 325 Å². The molecule has 8 atom stereocenters. The molecule has 55 heavy (non-hydrogen) atoms. The standard InChI is InChI=1S/C41H62O14/c1-24(28(49-26(3)42)25(2)23-27-19-17-16-18-20-27)21-22-39-30(50-38(13,14)48-15)29(43)41(55-39,34(46)54-37(10,11)12)40(47,33(45)53-36(7,8)9)31(51-39)32(44)52-35(4,5)6/h16-20,25,28-31,43,47H,1,21-23H2,2-15H3/t25?,28?,29-,30-,31-,39-,40-,41-/m1/s1. The highest BCUT2D eigenvalue weighted by Crippen LogP contribution is 2.57. The van der Waals surface area contributed by atoms with Crippen LogP contribution >= 0.6 is 0 Å². The maximum absolute atomic E-state index is 14.7. The van der Waals surface area contributed by atoms with E-state index in [2.05, 4.69) is 6.58 Å². The molecule has 0 aromatic heterocycles. The summed E-state index contributed by atoms with van der Waals surface area (Å²) >= 11 is 0. The Balaban J connectivity index is 2.31. The Morgan fingerprint density at radius 3 is 1.89 bits per heavy atom. The second-order valence-corrected chi connectivity index (χ2v) is 17.9. The van der Waals surface area contributed by atoms with Gasteiger partial charge in [0.1, 0.15) is 35.1 Å². The number of benzene rings is 1. The van der Waals surface area contributed by atoms with Crippen LogP contribution in [-0.2, 0) is 63.5 Å². The van der Waals surface area contributed by atoms with E-state index in [0.29, 0.717) is 12.0 Å². The van der Waals surface area contributed by atoms with E-state index in [1.165, 1.54) is 69.4 Å². The highest BCUT2D eigenvalue weighted by Gasteiger charge is 2.86. The van der Waals surface area contributed by atoms with Crippen LogP contribution in [0.1, 0.15) is 108 Å². The van der Waals surface area contributed by atoms with Crippen LogP contribution in [0, 0.1) is 5.92 Å². The molecule has 0 spiro atoms. The molecule has 14 heteroatoms. The van der Waals surface area contributed by atoms with Crippen molar-refractivity contribution < 1.29 is 67.3 Å². The van der Waals surface area contributed by atoms with E-state index >= 15 is 0 Å². The van der Waals surface area contributed by atoms with Crippen molar-refractivity contribution in [3.05, 3.63) is 48.0 Å². The lowest BCUT2D eigenvalue weighted by atomic mass is 9.74. The van der Waals surface area contributed by atoms with Crippen LogP contribution in [0.3, 0.4) is 0 Å². The molecule has 2 aliphatic rings. The molecule has 0 amide bonds. The second kappa shape index (κ2) is 16.2. The second-order valence-electron chi connectivity index (χ2n) is 17.9. The molecule has 2 bridgehead atoms. The summed E-state index contributed by atoms with van der Waals surface area (Å²) in [5.74, 6) is -8.85. The molecule has 0 aliphatic carbocycles. The fraction of sp³-hybridized carbons (Fsp3) is 0.707. The molecule has 2 heterocycles. The predicted octanol–water partition coefficient (Wildman–Crippen LogP) is 4.88. The number of carbonyl (C=O) groups is 4. The smallest absolute Gasteiger partial charge is 0.346 e. The first-order valence-electron chi connectivity index (χ1n) is 18.5. The number of carbonyl (C=O) groups excluding carboxylic acids is 4. The van der Waals surface area contributed by atoms with Crippen molar-refractivity contribution >= 4 is 23.9 Å². The van der Waals surface area contributed by atoms with Gasteiger partial charge in [-0.05, 0) is 100 Å². The number of hydrogen-bond donors (Lipinski definition) is 2. The number of fused-ring (bicyclic) bond motifs is 2. The van der Waals surface area contributed by atoms with Gasteiger partial charge < -0.3 is 48.1 Å². The van der Waals surface area contributed by atoms with Gasteiger partial charge >= 0.3 is 23.9 Å². The zero-order valence-electron chi connectivity index (χ0n) is 34.9. The summed E-state index contributed by atoms with van der Waals surface area (Å²) in [5.41, 5.74) is -8.89. The van der Waals surface area contributed by atoms with E-state index in [1.807, 2.05) is 37.3 Å². The quantitative estimate of drug-likeness (QED) is 0.113. The maximum Gasteiger partial charge on any atom is 0.346 e. The lowest BCUT2D eigenvalue weighted by Gasteiger charge is -2.51. The van der Waals surface area contributed by atoms with E-state index in [4.69, 9.17) is 37.9 Å². The van der Waals surface area contributed by atoms with Gasteiger partial charge in [0.2, 0.25) is 23.1 Å². The van der Waals surface area contributed by atoms with Gasteiger partial charge in [-0.25, -0.2) is 14.4 Å². The largest absolute Gasteiger partial charge is 0.458 e. The number of methoxy groups -OCH3 is 1. The van der Waals surface area contributed by atoms with Gasteiger partial charge in [-0.1, -0.05) is 43.8 Å². The average molecular weight is 779 g/mol. The van der Waals surface area contributed by atoms with Crippen LogP contribution in [0.4, 0.5) is 0 Å². The summed E-state index contributed by atoms with van der Waals surface area (Å²) in [5, 5.41) is 25.3. The Morgan fingerprint density at radius 2 is 1.40 bits per heavy atom. The third-order valence-electron chi connectivity index (χ3n) is 9.08. The van der Waals surface area contributed by atoms with E-state index in [-0.39, 0.29) is 18.8 Å². The SMILES string of the molecule is C=C(CC[C@@]12O[C@H](C(=O)OC(C)(C)C)[C@@](O)(C(=O)OC(C)(C)C)[C@@](C(=O)OC(C)(C)C)(O1)[C@H](O)[C@H]2OC(C)(C)OC)C(OC(C)=O)C(C)Cc1ccccc1. The van der Waals surface area contributed by atoms with Crippen molar-refractivity contribution in [2.45, 2.75) is 173 Å². The Bertz CT molecular complexity index is 1570. The number of rotatable bonds is 14. The summed E-state index contributed by atoms with van der Waals surface area (Å²) in [6, 6.07) is 9.59. The molecule has 2 N–H and O–H groups in total. The van der Waals surface area contributed by atoms with Gasteiger partial charge in [0.05, 0.1) is 0 Å². The van der Waals surface area contributed by atoms with Crippen LogP contribution in [0.15, 0.2) is 42.5 Å². The van der Waals surface area contributed by atoms with Crippen LogP contribution in [-0.4, -0.2) is 105 Å². The number of ether oxygens (including phenoxy) is 8. The molecule has 0 saturated carbocycles. The van der Waals surface area contributed by atoms with Crippen LogP contribution < -0.4 is 0 Å². The minimum absolute atomic E-state index is 0.0621. The topological polar surface area (TPSA) is 183 Å². The Hall–Kier alpha value is -3.40. The fourth-order valence-electron chi connectivity index (χ4n) is 6.69. The van der Waals surface area contributed by atoms with E-state index in [9.17, 15) is 29.4 Å². The molecule has 1 aromatic rings. The van der Waals surface area contributed by atoms with Crippen molar-refractivity contribution in [3.63, 3.8) is 0 Å².